The Bertz CT molecular complexity index is 440. The highest BCUT2D eigenvalue weighted by atomic mass is 35.5. The lowest BCUT2D eigenvalue weighted by atomic mass is 10.1. The Labute approximate surface area is 112 Å². The van der Waals surface area contributed by atoms with Crippen molar-refractivity contribution in [3.05, 3.63) is 28.8 Å². The first-order chi connectivity index (χ1) is 8.24. The van der Waals surface area contributed by atoms with Crippen molar-refractivity contribution >= 4 is 17.5 Å². The number of carbonyl (C=O) groups excluding carboxylic acids is 1. The maximum atomic E-state index is 12.2. The molecule has 0 aliphatic rings. The van der Waals surface area contributed by atoms with Crippen LogP contribution in [0.15, 0.2) is 18.2 Å². The van der Waals surface area contributed by atoms with E-state index in [1.165, 1.54) is 12.0 Å². The monoisotopic (exact) mass is 271 g/mol. The van der Waals surface area contributed by atoms with Gasteiger partial charge in [0.15, 0.2) is 0 Å². The van der Waals surface area contributed by atoms with Crippen molar-refractivity contribution in [1.82, 2.24) is 4.90 Å². The second-order valence-corrected chi connectivity index (χ2v) is 5.25. The highest BCUT2D eigenvalue weighted by molar-refractivity contribution is 6.31. The summed E-state index contributed by atoms with van der Waals surface area (Å²) in [5.74, 6) is 0.225. The molecule has 0 bridgehead atoms. The number of amides is 1. The number of rotatable bonds is 4. The second-order valence-electron chi connectivity index (χ2n) is 4.82. The van der Waals surface area contributed by atoms with Crippen molar-refractivity contribution in [2.45, 2.75) is 19.4 Å². The minimum atomic E-state index is -0.948. The van der Waals surface area contributed by atoms with Crippen molar-refractivity contribution in [3.63, 3.8) is 0 Å². The fourth-order valence-corrected chi connectivity index (χ4v) is 1.88. The first-order valence-corrected chi connectivity index (χ1v) is 5.94. The topological polar surface area (TPSA) is 49.8 Å². The summed E-state index contributed by atoms with van der Waals surface area (Å²) < 4.78 is 5.13. The van der Waals surface area contributed by atoms with Gasteiger partial charge in [-0.3, -0.25) is 4.79 Å². The van der Waals surface area contributed by atoms with E-state index in [0.29, 0.717) is 16.3 Å². The fourth-order valence-electron chi connectivity index (χ4n) is 1.71. The van der Waals surface area contributed by atoms with Crippen LogP contribution in [0, 0.1) is 0 Å². The van der Waals surface area contributed by atoms with Gasteiger partial charge in [-0.25, -0.2) is 0 Å². The predicted molar refractivity (Wildman–Crippen MR) is 71.3 cm³/mol. The van der Waals surface area contributed by atoms with Gasteiger partial charge >= 0.3 is 0 Å². The molecule has 0 heterocycles. The van der Waals surface area contributed by atoms with Crippen molar-refractivity contribution in [2.24, 2.45) is 0 Å². The van der Waals surface area contributed by atoms with Crippen LogP contribution in [-0.2, 0) is 0 Å². The first kappa shape index (κ1) is 14.8. The maximum absolute atomic E-state index is 12.2. The van der Waals surface area contributed by atoms with Gasteiger partial charge in [0, 0.05) is 18.6 Å². The average Bonchev–Trinajstić information content (AvgIpc) is 2.25. The third-order valence-electron chi connectivity index (χ3n) is 2.36. The van der Waals surface area contributed by atoms with Gasteiger partial charge in [-0.05, 0) is 32.0 Å². The van der Waals surface area contributed by atoms with Crippen LogP contribution < -0.4 is 4.74 Å². The van der Waals surface area contributed by atoms with Crippen LogP contribution in [0.25, 0.3) is 0 Å². The van der Waals surface area contributed by atoms with Crippen LogP contribution in [0.3, 0.4) is 0 Å². The molecule has 0 spiro atoms. The molecule has 0 unspecified atom stereocenters. The molecule has 5 heteroatoms. The number of methoxy groups -OCH3 is 1. The summed E-state index contributed by atoms with van der Waals surface area (Å²) in [6.07, 6.45) is 0. The van der Waals surface area contributed by atoms with Gasteiger partial charge in [-0.1, -0.05) is 11.6 Å². The van der Waals surface area contributed by atoms with Crippen molar-refractivity contribution in [2.75, 3.05) is 20.7 Å². The van der Waals surface area contributed by atoms with Gasteiger partial charge < -0.3 is 14.7 Å². The molecule has 0 aliphatic carbocycles. The normalized spacial score (nSPS) is 11.2. The van der Waals surface area contributed by atoms with E-state index in [0.717, 1.165) is 0 Å². The van der Waals surface area contributed by atoms with Gasteiger partial charge in [0.1, 0.15) is 5.75 Å². The smallest absolute Gasteiger partial charge is 0.257 e. The van der Waals surface area contributed by atoms with Gasteiger partial charge in [0.25, 0.3) is 5.91 Å². The molecule has 1 aromatic rings. The summed E-state index contributed by atoms with van der Waals surface area (Å²) in [6.45, 7) is 3.51. The van der Waals surface area contributed by atoms with Crippen LogP contribution in [0.2, 0.25) is 5.02 Å². The number of carbonyl (C=O) groups is 1. The largest absolute Gasteiger partial charge is 0.496 e. The van der Waals surface area contributed by atoms with Crippen LogP contribution >= 0.6 is 11.6 Å². The van der Waals surface area contributed by atoms with Crippen LogP contribution in [-0.4, -0.2) is 42.2 Å². The van der Waals surface area contributed by atoms with E-state index < -0.39 is 5.60 Å². The van der Waals surface area contributed by atoms with Gasteiger partial charge in [-0.2, -0.15) is 0 Å². The molecule has 1 aromatic carbocycles. The lowest BCUT2D eigenvalue weighted by Gasteiger charge is -2.26. The van der Waals surface area contributed by atoms with Crippen molar-refractivity contribution < 1.29 is 14.6 Å². The molecule has 1 N–H and O–H groups in total. The fraction of sp³-hybridized carbons (Fsp3) is 0.462. The molecule has 0 saturated carbocycles. The van der Waals surface area contributed by atoms with E-state index in [4.69, 9.17) is 16.3 Å². The molecule has 0 aliphatic heterocycles. The van der Waals surface area contributed by atoms with E-state index in [9.17, 15) is 9.90 Å². The third kappa shape index (κ3) is 3.89. The summed E-state index contributed by atoms with van der Waals surface area (Å²) >= 11 is 5.88. The molecule has 1 rings (SSSR count). The van der Waals surface area contributed by atoms with E-state index in [1.54, 1.807) is 39.1 Å². The highest BCUT2D eigenvalue weighted by Gasteiger charge is 2.22. The maximum Gasteiger partial charge on any atom is 0.257 e. The van der Waals surface area contributed by atoms with Crippen molar-refractivity contribution in [3.8, 4) is 5.75 Å². The van der Waals surface area contributed by atoms with Gasteiger partial charge in [0.05, 0.1) is 18.3 Å². The molecular weight excluding hydrogens is 254 g/mol. The molecule has 0 atom stereocenters. The molecule has 18 heavy (non-hydrogen) atoms. The number of hydrogen-bond donors (Lipinski definition) is 1. The zero-order valence-corrected chi connectivity index (χ0v) is 11.8. The molecule has 0 fully saturated rings. The number of aliphatic hydroxyl groups is 1. The van der Waals surface area contributed by atoms with Crippen LogP contribution in [0.5, 0.6) is 5.75 Å². The third-order valence-corrected chi connectivity index (χ3v) is 2.60. The lowest BCUT2D eigenvalue weighted by Crippen LogP contribution is -2.39. The molecular formula is C13H18ClNO3. The molecule has 4 nitrogen and oxygen atoms in total. The first-order valence-electron chi connectivity index (χ1n) is 5.56. The molecule has 1 amide bonds. The molecule has 0 aromatic heterocycles. The number of benzene rings is 1. The summed E-state index contributed by atoms with van der Waals surface area (Å²) in [7, 11) is 3.12. The summed E-state index contributed by atoms with van der Waals surface area (Å²) in [5, 5.41) is 10.2. The Morgan fingerprint density at radius 3 is 2.61 bits per heavy atom. The standard InChI is InChI=1S/C13H18ClNO3/c1-13(2,17)8-15(3)12(16)10-7-9(14)5-6-11(10)18-4/h5-7,17H,8H2,1-4H3. The number of likely N-dealkylation sites (N-methyl/N-ethyl adjacent to an activating group) is 1. The van der Waals surface area contributed by atoms with Crippen LogP contribution in [0.4, 0.5) is 0 Å². The van der Waals surface area contributed by atoms with E-state index in [1.807, 2.05) is 0 Å². The van der Waals surface area contributed by atoms with E-state index >= 15 is 0 Å². The number of halogens is 1. The summed E-state index contributed by atoms with van der Waals surface area (Å²) in [5.41, 5.74) is -0.562. The molecule has 100 valence electrons. The average molecular weight is 272 g/mol. The van der Waals surface area contributed by atoms with E-state index in [-0.39, 0.29) is 12.5 Å². The van der Waals surface area contributed by atoms with Crippen LogP contribution in [0.1, 0.15) is 24.2 Å². The minimum absolute atomic E-state index is 0.224. The Morgan fingerprint density at radius 2 is 2.11 bits per heavy atom. The zero-order chi connectivity index (χ0) is 13.9. The highest BCUT2D eigenvalue weighted by Crippen LogP contribution is 2.24. The van der Waals surface area contributed by atoms with E-state index in [2.05, 4.69) is 0 Å². The SMILES string of the molecule is COc1ccc(Cl)cc1C(=O)N(C)CC(C)(C)O. The number of hydrogen-bond acceptors (Lipinski definition) is 3. The molecule has 0 radical (unpaired) electrons. The number of ether oxygens (including phenoxy) is 1. The van der Waals surface area contributed by atoms with Gasteiger partial charge in [-0.15, -0.1) is 0 Å². The number of nitrogens with zero attached hydrogens (tertiary/aromatic N) is 1. The Hall–Kier alpha value is -1.26. The summed E-state index contributed by atoms with van der Waals surface area (Å²) in [6, 6.07) is 4.87. The van der Waals surface area contributed by atoms with Crippen molar-refractivity contribution in [1.29, 1.82) is 0 Å². The van der Waals surface area contributed by atoms with Gasteiger partial charge in [0.2, 0.25) is 0 Å². The lowest BCUT2D eigenvalue weighted by molar-refractivity contribution is 0.0366. The molecule has 0 saturated heterocycles. The summed E-state index contributed by atoms with van der Waals surface area (Å²) in [4.78, 5) is 13.7. The second kappa shape index (κ2) is 5.59. The Kier molecular flexibility index (Phi) is 4.59. The quantitative estimate of drug-likeness (QED) is 0.913. The predicted octanol–water partition coefficient (Wildman–Crippen LogP) is 2.19. The zero-order valence-electron chi connectivity index (χ0n) is 11.0. The Balaban J connectivity index is 2.99. The minimum Gasteiger partial charge on any atom is -0.496 e. The Morgan fingerprint density at radius 1 is 1.50 bits per heavy atom.